The molecule has 30 heavy (non-hydrogen) atoms. The van der Waals surface area contributed by atoms with Gasteiger partial charge in [0, 0.05) is 14.0 Å². The lowest BCUT2D eigenvalue weighted by Gasteiger charge is -2.31. The van der Waals surface area contributed by atoms with Crippen LogP contribution in [0.2, 0.25) is 0 Å². The SMILES string of the molecule is Cc1nc(C2(NC(=O)CN(C)S(=O)(=O)c3ccc(C)c(C)c3)CCCCCC2)no1. The van der Waals surface area contributed by atoms with E-state index >= 15 is 0 Å². The molecule has 0 saturated heterocycles. The zero-order valence-electron chi connectivity index (χ0n) is 18.1. The first-order valence-electron chi connectivity index (χ1n) is 10.3. The molecule has 0 radical (unpaired) electrons. The summed E-state index contributed by atoms with van der Waals surface area (Å²) in [7, 11) is -2.36. The van der Waals surface area contributed by atoms with Crippen molar-refractivity contribution in [3.8, 4) is 0 Å². The average molecular weight is 435 g/mol. The topological polar surface area (TPSA) is 105 Å². The van der Waals surface area contributed by atoms with Crippen LogP contribution in [0, 0.1) is 20.8 Å². The van der Waals surface area contributed by atoms with Crippen LogP contribution in [0.15, 0.2) is 27.6 Å². The molecule has 8 nitrogen and oxygen atoms in total. The van der Waals surface area contributed by atoms with Crippen LogP contribution in [0.4, 0.5) is 0 Å². The number of rotatable bonds is 6. The van der Waals surface area contributed by atoms with Crippen LogP contribution >= 0.6 is 0 Å². The molecule has 0 bridgehead atoms. The molecule has 164 valence electrons. The number of sulfonamides is 1. The van der Waals surface area contributed by atoms with Crippen molar-refractivity contribution in [3.05, 3.63) is 41.0 Å². The van der Waals surface area contributed by atoms with Gasteiger partial charge in [0.2, 0.25) is 21.8 Å². The first-order valence-corrected chi connectivity index (χ1v) is 11.7. The van der Waals surface area contributed by atoms with E-state index in [-0.39, 0.29) is 17.3 Å². The Morgan fingerprint density at radius 2 is 1.80 bits per heavy atom. The molecule has 1 aromatic carbocycles. The van der Waals surface area contributed by atoms with Crippen molar-refractivity contribution in [1.82, 2.24) is 19.8 Å². The number of hydrogen-bond donors (Lipinski definition) is 1. The van der Waals surface area contributed by atoms with Crippen molar-refractivity contribution in [3.63, 3.8) is 0 Å². The van der Waals surface area contributed by atoms with Crippen LogP contribution in [0.1, 0.15) is 61.4 Å². The third-order valence-corrected chi connectivity index (χ3v) is 7.64. The smallest absolute Gasteiger partial charge is 0.243 e. The van der Waals surface area contributed by atoms with E-state index < -0.39 is 15.6 Å². The summed E-state index contributed by atoms with van der Waals surface area (Å²) < 4.78 is 32.1. The molecule has 1 aliphatic rings. The molecule has 1 heterocycles. The third kappa shape index (κ3) is 4.73. The fourth-order valence-electron chi connectivity index (χ4n) is 3.88. The number of carbonyl (C=O) groups excluding carboxylic acids is 1. The molecule has 1 amide bonds. The zero-order chi connectivity index (χ0) is 21.9. The molecule has 3 rings (SSSR count). The largest absolute Gasteiger partial charge is 0.342 e. The maximum Gasteiger partial charge on any atom is 0.243 e. The fraction of sp³-hybridized carbons (Fsp3) is 0.571. The van der Waals surface area contributed by atoms with Gasteiger partial charge in [0.05, 0.1) is 11.4 Å². The highest BCUT2D eigenvalue weighted by Crippen LogP contribution is 2.34. The van der Waals surface area contributed by atoms with E-state index in [1.165, 1.54) is 7.05 Å². The van der Waals surface area contributed by atoms with E-state index in [0.29, 0.717) is 24.6 Å². The van der Waals surface area contributed by atoms with E-state index in [0.717, 1.165) is 41.1 Å². The first-order chi connectivity index (χ1) is 14.1. The molecule has 0 aliphatic heterocycles. The van der Waals surface area contributed by atoms with Crippen LogP contribution in [-0.2, 0) is 20.4 Å². The van der Waals surface area contributed by atoms with Crippen molar-refractivity contribution in [2.45, 2.75) is 69.7 Å². The predicted octanol–water partition coefficient (Wildman–Crippen LogP) is 2.98. The number of hydrogen-bond acceptors (Lipinski definition) is 6. The van der Waals surface area contributed by atoms with Gasteiger partial charge in [-0.25, -0.2) is 8.42 Å². The number of aryl methyl sites for hydroxylation is 3. The van der Waals surface area contributed by atoms with Gasteiger partial charge < -0.3 is 9.84 Å². The van der Waals surface area contributed by atoms with Crippen LogP contribution in [0.5, 0.6) is 0 Å². The van der Waals surface area contributed by atoms with Gasteiger partial charge in [-0.1, -0.05) is 36.9 Å². The number of carbonyl (C=O) groups is 1. The highest BCUT2D eigenvalue weighted by Gasteiger charge is 2.39. The lowest BCUT2D eigenvalue weighted by atomic mass is 9.89. The van der Waals surface area contributed by atoms with E-state index in [1.54, 1.807) is 25.1 Å². The van der Waals surface area contributed by atoms with Crippen LogP contribution in [-0.4, -0.2) is 42.4 Å². The van der Waals surface area contributed by atoms with Crippen molar-refractivity contribution < 1.29 is 17.7 Å². The Morgan fingerprint density at radius 1 is 1.13 bits per heavy atom. The Bertz CT molecular complexity index is 1010. The molecule has 1 N–H and O–H groups in total. The quantitative estimate of drug-likeness (QED) is 0.701. The molecular weight excluding hydrogens is 404 g/mol. The molecule has 0 spiro atoms. The summed E-state index contributed by atoms with van der Waals surface area (Å²) in [6.45, 7) is 5.22. The molecule has 1 aromatic heterocycles. The molecule has 2 aromatic rings. The summed E-state index contributed by atoms with van der Waals surface area (Å²) in [5.74, 6) is 0.529. The Morgan fingerprint density at radius 3 is 2.37 bits per heavy atom. The van der Waals surface area contributed by atoms with Gasteiger partial charge in [0.25, 0.3) is 0 Å². The number of nitrogens with one attached hydrogen (secondary N) is 1. The molecule has 0 unspecified atom stereocenters. The summed E-state index contributed by atoms with van der Waals surface area (Å²) >= 11 is 0. The summed E-state index contributed by atoms with van der Waals surface area (Å²) in [4.78, 5) is 17.5. The molecular formula is C21H30N4O4S. The molecule has 1 aliphatic carbocycles. The summed E-state index contributed by atoms with van der Waals surface area (Å²) in [5.41, 5.74) is 1.18. The van der Waals surface area contributed by atoms with Gasteiger partial charge in [-0.3, -0.25) is 4.79 Å². The molecule has 1 fully saturated rings. The Labute approximate surface area is 178 Å². The minimum atomic E-state index is -3.78. The number of aromatic nitrogens is 2. The number of amides is 1. The second kappa shape index (κ2) is 8.85. The molecule has 1 saturated carbocycles. The Hall–Kier alpha value is -2.26. The highest BCUT2D eigenvalue weighted by atomic mass is 32.2. The van der Waals surface area contributed by atoms with Gasteiger partial charge in [0.15, 0.2) is 5.82 Å². The monoisotopic (exact) mass is 434 g/mol. The molecule has 9 heteroatoms. The van der Waals surface area contributed by atoms with Gasteiger partial charge in [0.1, 0.15) is 5.54 Å². The Kier molecular flexibility index (Phi) is 6.62. The van der Waals surface area contributed by atoms with E-state index in [2.05, 4.69) is 15.5 Å². The zero-order valence-corrected chi connectivity index (χ0v) is 18.9. The Balaban J connectivity index is 1.78. The average Bonchev–Trinajstić information content (AvgIpc) is 2.99. The first kappa shape index (κ1) is 22.4. The summed E-state index contributed by atoms with van der Waals surface area (Å²) in [6.07, 6.45) is 5.43. The lowest BCUT2D eigenvalue weighted by molar-refractivity contribution is -0.123. The highest BCUT2D eigenvalue weighted by molar-refractivity contribution is 7.89. The van der Waals surface area contributed by atoms with Gasteiger partial charge in [-0.15, -0.1) is 0 Å². The number of benzene rings is 1. The third-order valence-electron chi connectivity index (χ3n) is 5.84. The fourth-order valence-corrected chi connectivity index (χ4v) is 5.09. The van der Waals surface area contributed by atoms with Crippen molar-refractivity contribution in [2.75, 3.05) is 13.6 Å². The number of nitrogens with zero attached hydrogens (tertiary/aromatic N) is 3. The second-order valence-corrected chi connectivity index (χ2v) is 10.2. The van der Waals surface area contributed by atoms with E-state index in [4.69, 9.17) is 4.52 Å². The van der Waals surface area contributed by atoms with E-state index in [9.17, 15) is 13.2 Å². The van der Waals surface area contributed by atoms with Crippen molar-refractivity contribution in [2.24, 2.45) is 0 Å². The van der Waals surface area contributed by atoms with Gasteiger partial charge >= 0.3 is 0 Å². The van der Waals surface area contributed by atoms with Gasteiger partial charge in [-0.2, -0.15) is 9.29 Å². The predicted molar refractivity (Wildman–Crippen MR) is 112 cm³/mol. The van der Waals surface area contributed by atoms with Crippen molar-refractivity contribution in [1.29, 1.82) is 0 Å². The minimum Gasteiger partial charge on any atom is -0.342 e. The molecule has 0 atom stereocenters. The second-order valence-electron chi connectivity index (χ2n) is 8.19. The summed E-state index contributed by atoms with van der Waals surface area (Å²) in [5, 5.41) is 7.11. The van der Waals surface area contributed by atoms with Crippen LogP contribution < -0.4 is 5.32 Å². The normalized spacial score (nSPS) is 17.0. The maximum atomic E-state index is 12.9. The minimum absolute atomic E-state index is 0.180. The van der Waals surface area contributed by atoms with Crippen LogP contribution in [0.3, 0.4) is 0 Å². The van der Waals surface area contributed by atoms with E-state index in [1.807, 2.05) is 13.8 Å². The standard InChI is InChI=1S/C21H30N4O4S/c1-15-9-10-18(13-16(15)2)30(27,28)25(4)14-19(26)23-21(11-7-5-6-8-12-21)20-22-17(3)29-24-20/h9-10,13H,5-8,11-12,14H2,1-4H3,(H,23,26). The van der Waals surface area contributed by atoms with Crippen LogP contribution in [0.25, 0.3) is 0 Å². The lowest BCUT2D eigenvalue weighted by Crippen LogP contribution is -2.50. The maximum absolute atomic E-state index is 12.9. The van der Waals surface area contributed by atoms with Gasteiger partial charge in [-0.05, 0) is 49.9 Å². The number of likely N-dealkylation sites (N-methyl/N-ethyl adjacent to an activating group) is 1. The summed E-state index contributed by atoms with van der Waals surface area (Å²) in [6, 6.07) is 4.98. The van der Waals surface area contributed by atoms with Crippen molar-refractivity contribution >= 4 is 15.9 Å².